The van der Waals surface area contributed by atoms with E-state index < -0.39 is 0 Å². The molecule has 1 amide bonds. The molecule has 1 N–H and O–H groups in total. The molecule has 1 heterocycles. The van der Waals surface area contributed by atoms with Gasteiger partial charge in [-0.25, -0.2) is 0 Å². The Hall–Kier alpha value is -3.41. The SMILES string of the molecule is CCN(CC)c1ccc(NC(=O)c2ccc(COc3cccc(OC)c3)o2)cc1. The van der Waals surface area contributed by atoms with Gasteiger partial charge in [-0.15, -0.1) is 0 Å². The summed E-state index contributed by atoms with van der Waals surface area (Å²) >= 11 is 0. The van der Waals surface area contributed by atoms with Gasteiger partial charge >= 0.3 is 0 Å². The highest BCUT2D eigenvalue weighted by molar-refractivity contribution is 6.02. The largest absolute Gasteiger partial charge is 0.497 e. The molecular formula is C23H26N2O4. The summed E-state index contributed by atoms with van der Waals surface area (Å²) in [5.74, 6) is 1.89. The number of benzene rings is 2. The van der Waals surface area contributed by atoms with Crippen molar-refractivity contribution in [2.24, 2.45) is 0 Å². The van der Waals surface area contributed by atoms with Crippen molar-refractivity contribution >= 4 is 17.3 Å². The van der Waals surface area contributed by atoms with Crippen LogP contribution in [-0.2, 0) is 6.61 Å². The minimum Gasteiger partial charge on any atom is -0.497 e. The standard InChI is InChI=1S/C23H26N2O4/c1-4-25(5-2)18-11-9-17(10-12-18)24-23(26)22-14-13-21(29-22)16-28-20-8-6-7-19(15-20)27-3/h6-15H,4-5,16H2,1-3H3,(H,24,26). The first kappa shape index (κ1) is 20.3. The number of anilines is 2. The second kappa shape index (κ2) is 9.68. The molecule has 3 aromatic rings. The molecule has 152 valence electrons. The summed E-state index contributed by atoms with van der Waals surface area (Å²) in [6, 6.07) is 18.5. The van der Waals surface area contributed by atoms with Gasteiger partial charge in [-0.3, -0.25) is 4.79 Å². The molecule has 0 spiro atoms. The molecule has 0 aliphatic carbocycles. The van der Waals surface area contributed by atoms with Crippen LogP contribution in [0.15, 0.2) is 65.1 Å². The zero-order valence-electron chi connectivity index (χ0n) is 17.0. The second-order valence-electron chi connectivity index (χ2n) is 6.41. The van der Waals surface area contributed by atoms with Crippen molar-refractivity contribution in [1.29, 1.82) is 0 Å². The first-order valence-electron chi connectivity index (χ1n) is 9.64. The fourth-order valence-electron chi connectivity index (χ4n) is 2.96. The van der Waals surface area contributed by atoms with Crippen molar-refractivity contribution in [3.8, 4) is 11.5 Å². The Balaban J connectivity index is 1.57. The van der Waals surface area contributed by atoms with Crippen LogP contribution in [0, 0.1) is 0 Å². The van der Waals surface area contributed by atoms with Gasteiger partial charge < -0.3 is 24.1 Å². The number of hydrogen-bond acceptors (Lipinski definition) is 5. The van der Waals surface area contributed by atoms with Gasteiger partial charge in [0.15, 0.2) is 5.76 Å². The average Bonchev–Trinajstić information content (AvgIpc) is 3.24. The van der Waals surface area contributed by atoms with Crippen LogP contribution < -0.4 is 19.7 Å². The monoisotopic (exact) mass is 394 g/mol. The highest BCUT2D eigenvalue weighted by Crippen LogP contribution is 2.21. The fourth-order valence-corrected chi connectivity index (χ4v) is 2.96. The first-order chi connectivity index (χ1) is 14.1. The van der Waals surface area contributed by atoms with Crippen LogP contribution in [0.3, 0.4) is 0 Å². The summed E-state index contributed by atoms with van der Waals surface area (Å²) in [5.41, 5.74) is 1.85. The molecule has 0 radical (unpaired) electrons. The van der Waals surface area contributed by atoms with Crippen molar-refractivity contribution in [2.75, 3.05) is 30.4 Å². The quantitative estimate of drug-likeness (QED) is 0.555. The summed E-state index contributed by atoms with van der Waals surface area (Å²) in [6.07, 6.45) is 0. The number of furan rings is 1. The fraction of sp³-hybridized carbons (Fsp3) is 0.261. The summed E-state index contributed by atoms with van der Waals surface area (Å²) in [4.78, 5) is 14.7. The minimum absolute atomic E-state index is 0.221. The molecule has 3 rings (SSSR count). The van der Waals surface area contributed by atoms with E-state index in [4.69, 9.17) is 13.9 Å². The first-order valence-corrected chi connectivity index (χ1v) is 9.64. The van der Waals surface area contributed by atoms with E-state index in [1.165, 1.54) is 0 Å². The maximum absolute atomic E-state index is 12.4. The van der Waals surface area contributed by atoms with Crippen LogP contribution in [0.1, 0.15) is 30.2 Å². The molecule has 0 saturated heterocycles. The second-order valence-corrected chi connectivity index (χ2v) is 6.41. The molecule has 29 heavy (non-hydrogen) atoms. The maximum atomic E-state index is 12.4. The van der Waals surface area contributed by atoms with E-state index in [2.05, 4.69) is 24.1 Å². The van der Waals surface area contributed by atoms with Gasteiger partial charge in [0.05, 0.1) is 7.11 Å². The summed E-state index contributed by atoms with van der Waals surface area (Å²) in [5, 5.41) is 2.85. The third-order valence-electron chi connectivity index (χ3n) is 4.56. The van der Waals surface area contributed by atoms with Gasteiger partial charge in [-0.2, -0.15) is 0 Å². The van der Waals surface area contributed by atoms with Gasteiger partial charge in [0, 0.05) is 30.5 Å². The molecule has 0 atom stereocenters. The molecule has 2 aromatic carbocycles. The number of hydrogen-bond donors (Lipinski definition) is 1. The lowest BCUT2D eigenvalue weighted by Crippen LogP contribution is -2.21. The number of carbonyl (C=O) groups is 1. The van der Waals surface area contributed by atoms with E-state index in [0.717, 1.165) is 24.5 Å². The number of methoxy groups -OCH3 is 1. The molecule has 0 aliphatic rings. The Morgan fingerprint density at radius 1 is 1.00 bits per heavy atom. The lowest BCUT2D eigenvalue weighted by molar-refractivity contribution is 0.0992. The molecule has 6 nitrogen and oxygen atoms in total. The van der Waals surface area contributed by atoms with Crippen LogP contribution in [0.4, 0.5) is 11.4 Å². The molecular weight excluding hydrogens is 368 g/mol. The summed E-state index contributed by atoms with van der Waals surface area (Å²) < 4.78 is 16.5. The number of nitrogens with one attached hydrogen (secondary N) is 1. The van der Waals surface area contributed by atoms with Crippen LogP contribution in [0.5, 0.6) is 11.5 Å². The van der Waals surface area contributed by atoms with E-state index in [0.29, 0.717) is 17.3 Å². The van der Waals surface area contributed by atoms with Gasteiger partial charge in [-0.05, 0) is 62.4 Å². The Kier molecular flexibility index (Phi) is 6.79. The van der Waals surface area contributed by atoms with Crippen LogP contribution in [-0.4, -0.2) is 26.1 Å². The van der Waals surface area contributed by atoms with E-state index in [1.54, 1.807) is 25.3 Å². The Morgan fingerprint density at radius 2 is 1.72 bits per heavy atom. The third-order valence-corrected chi connectivity index (χ3v) is 4.56. The van der Waals surface area contributed by atoms with E-state index >= 15 is 0 Å². The topological polar surface area (TPSA) is 63.9 Å². The van der Waals surface area contributed by atoms with E-state index in [-0.39, 0.29) is 18.3 Å². The molecule has 6 heteroatoms. The Morgan fingerprint density at radius 3 is 2.41 bits per heavy atom. The number of carbonyl (C=O) groups excluding carboxylic acids is 1. The molecule has 1 aromatic heterocycles. The highest BCUT2D eigenvalue weighted by atomic mass is 16.5. The van der Waals surface area contributed by atoms with Gasteiger partial charge in [0.25, 0.3) is 5.91 Å². The molecule has 0 fully saturated rings. The zero-order valence-corrected chi connectivity index (χ0v) is 17.0. The molecule has 0 bridgehead atoms. The Bertz CT molecular complexity index is 930. The minimum atomic E-state index is -0.298. The number of rotatable bonds is 9. The van der Waals surface area contributed by atoms with Crippen molar-refractivity contribution in [2.45, 2.75) is 20.5 Å². The van der Waals surface area contributed by atoms with Crippen molar-refractivity contribution in [1.82, 2.24) is 0 Å². The van der Waals surface area contributed by atoms with Gasteiger partial charge in [-0.1, -0.05) is 6.07 Å². The maximum Gasteiger partial charge on any atom is 0.291 e. The smallest absolute Gasteiger partial charge is 0.291 e. The average molecular weight is 394 g/mol. The number of ether oxygens (including phenoxy) is 2. The normalized spacial score (nSPS) is 10.4. The highest BCUT2D eigenvalue weighted by Gasteiger charge is 2.12. The summed E-state index contributed by atoms with van der Waals surface area (Å²) in [7, 11) is 1.60. The number of nitrogens with zero attached hydrogens (tertiary/aromatic N) is 1. The van der Waals surface area contributed by atoms with Crippen molar-refractivity contribution in [3.63, 3.8) is 0 Å². The lowest BCUT2D eigenvalue weighted by Gasteiger charge is -2.21. The van der Waals surface area contributed by atoms with Crippen molar-refractivity contribution < 1.29 is 18.7 Å². The van der Waals surface area contributed by atoms with Crippen LogP contribution in [0.25, 0.3) is 0 Å². The van der Waals surface area contributed by atoms with Crippen LogP contribution >= 0.6 is 0 Å². The predicted molar refractivity (Wildman–Crippen MR) is 114 cm³/mol. The molecule has 0 aliphatic heterocycles. The van der Waals surface area contributed by atoms with Gasteiger partial charge in [0.2, 0.25) is 0 Å². The van der Waals surface area contributed by atoms with Crippen LogP contribution in [0.2, 0.25) is 0 Å². The van der Waals surface area contributed by atoms with E-state index in [9.17, 15) is 4.79 Å². The zero-order chi connectivity index (χ0) is 20.6. The van der Waals surface area contributed by atoms with Gasteiger partial charge in [0.1, 0.15) is 23.9 Å². The number of amides is 1. The van der Waals surface area contributed by atoms with E-state index in [1.807, 2.05) is 42.5 Å². The predicted octanol–water partition coefficient (Wildman–Crippen LogP) is 4.97. The molecule has 0 saturated carbocycles. The lowest BCUT2D eigenvalue weighted by atomic mass is 10.2. The molecule has 0 unspecified atom stereocenters. The van der Waals surface area contributed by atoms with Crippen molar-refractivity contribution in [3.05, 3.63) is 72.2 Å². The Labute approximate surface area is 171 Å². The third kappa shape index (κ3) is 5.31. The summed E-state index contributed by atoms with van der Waals surface area (Å²) in [6.45, 7) is 6.33.